The Labute approximate surface area is 116 Å². The van der Waals surface area contributed by atoms with E-state index in [-0.39, 0.29) is 11.3 Å². The third kappa shape index (κ3) is 5.09. The van der Waals surface area contributed by atoms with Gasteiger partial charge in [-0.2, -0.15) is 0 Å². The normalized spacial score (nSPS) is 18.5. The minimum atomic E-state index is -0.302. The Hall–Kier alpha value is -0.650. The Kier molecular flexibility index (Phi) is 7.34. The average Bonchev–Trinajstić information content (AvgIpc) is 2.45. The van der Waals surface area contributed by atoms with Gasteiger partial charge in [-0.05, 0) is 19.9 Å². The summed E-state index contributed by atoms with van der Waals surface area (Å²) in [6.07, 6.45) is 5.36. The molecule has 112 valence electrons. The number of hydrogen-bond acceptors (Lipinski definition) is 4. The number of amides is 1. The van der Waals surface area contributed by atoms with E-state index < -0.39 is 0 Å². The van der Waals surface area contributed by atoms with Crippen molar-refractivity contribution >= 4 is 5.91 Å². The molecule has 1 amide bonds. The minimum Gasteiger partial charge on any atom is -0.383 e. The van der Waals surface area contributed by atoms with Crippen LogP contribution in [-0.4, -0.2) is 57.8 Å². The Bertz CT molecular complexity index is 265. The SMILES string of the molecule is COCCN(C)CCNC(=O)C1(CN)CCCCC1. The van der Waals surface area contributed by atoms with Crippen LogP contribution in [0.4, 0.5) is 0 Å². The monoisotopic (exact) mass is 271 g/mol. The third-order valence-corrected chi connectivity index (χ3v) is 4.14. The number of carbonyl (C=O) groups excluding carboxylic acids is 1. The van der Waals surface area contributed by atoms with Gasteiger partial charge in [0.2, 0.25) is 5.91 Å². The first-order valence-electron chi connectivity index (χ1n) is 7.30. The van der Waals surface area contributed by atoms with Crippen LogP contribution in [0.1, 0.15) is 32.1 Å². The minimum absolute atomic E-state index is 0.148. The fraction of sp³-hybridized carbons (Fsp3) is 0.929. The molecule has 0 radical (unpaired) electrons. The van der Waals surface area contributed by atoms with Gasteiger partial charge in [0.15, 0.2) is 0 Å². The van der Waals surface area contributed by atoms with Crippen molar-refractivity contribution in [1.29, 1.82) is 0 Å². The van der Waals surface area contributed by atoms with E-state index in [1.807, 2.05) is 7.05 Å². The summed E-state index contributed by atoms with van der Waals surface area (Å²) in [4.78, 5) is 14.5. The molecule has 1 saturated carbocycles. The van der Waals surface area contributed by atoms with Gasteiger partial charge < -0.3 is 20.7 Å². The Morgan fingerprint density at radius 3 is 2.58 bits per heavy atom. The highest BCUT2D eigenvalue weighted by molar-refractivity contribution is 5.83. The smallest absolute Gasteiger partial charge is 0.227 e. The van der Waals surface area contributed by atoms with Crippen molar-refractivity contribution in [3.63, 3.8) is 0 Å². The largest absolute Gasteiger partial charge is 0.383 e. The van der Waals surface area contributed by atoms with E-state index in [0.29, 0.717) is 13.1 Å². The molecule has 19 heavy (non-hydrogen) atoms. The second-order valence-corrected chi connectivity index (χ2v) is 5.60. The molecule has 3 N–H and O–H groups in total. The molecule has 0 heterocycles. The van der Waals surface area contributed by atoms with E-state index in [2.05, 4.69) is 10.2 Å². The Morgan fingerprint density at radius 1 is 1.32 bits per heavy atom. The van der Waals surface area contributed by atoms with Crippen molar-refractivity contribution in [3.05, 3.63) is 0 Å². The molecular formula is C14H29N3O2. The molecule has 0 aliphatic heterocycles. The molecule has 5 heteroatoms. The highest BCUT2D eigenvalue weighted by Gasteiger charge is 2.37. The molecule has 0 aromatic heterocycles. The maximum atomic E-state index is 12.3. The van der Waals surface area contributed by atoms with Crippen molar-refractivity contribution in [1.82, 2.24) is 10.2 Å². The number of carbonyl (C=O) groups is 1. The van der Waals surface area contributed by atoms with Gasteiger partial charge in [-0.15, -0.1) is 0 Å². The van der Waals surface area contributed by atoms with Crippen molar-refractivity contribution in [2.45, 2.75) is 32.1 Å². The van der Waals surface area contributed by atoms with E-state index in [1.54, 1.807) is 7.11 Å². The summed E-state index contributed by atoms with van der Waals surface area (Å²) in [5, 5.41) is 3.05. The first-order valence-corrected chi connectivity index (χ1v) is 7.30. The van der Waals surface area contributed by atoms with E-state index in [9.17, 15) is 4.79 Å². The van der Waals surface area contributed by atoms with Crippen molar-refractivity contribution in [2.24, 2.45) is 11.1 Å². The van der Waals surface area contributed by atoms with E-state index in [4.69, 9.17) is 10.5 Å². The maximum absolute atomic E-state index is 12.3. The van der Waals surface area contributed by atoms with Gasteiger partial charge in [0.1, 0.15) is 0 Å². The quantitative estimate of drug-likeness (QED) is 0.678. The molecule has 0 aromatic carbocycles. The summed E-state index contributed by atoms with van der Waals surface area (Å²) < 4.78 is 5.02. The lowest BCUT2D eigenvalue weighted by molar-refractivity contribution is -0.132. The summed E-state index contributed by atoms with van der Waals surface area (Å²) in [5.41, 5.74) is 5.55. The third-order valence-electron chi connectivity index (χ3n) is 4.14. The molecule has 0 saturated heterocycles. The van der Waals surface area contributed by atoms with E-state index in [0.717, 1.165) is 45.4 Å². The van der Waals surface area contributed by atoms with E-state index >= 15 is 0 Å². The summed E-state index contributed by atoms with van der Waals surface area (Å²) >= 11 is 0. The Balaban J connectivity index is 2.29. The molecule has 1 rings (SSSR count). The zero-order chi connectivity index (χ0) is 14.1. The summed E-state index contributed by atoms with van der Waals surface area (Å²) in [7, 11) is 3.73. The Morgan fingerprint density at radius 2 is 2.00 bits per heavy atom. The number of rotatable bonds is 8. The maximum Gasteiger partial charge on any atom is 0.227 e. The van der Waals surface area contributed by atoms with Crippen LogP contribution in [-0.2, 0) is 9.53 Å². The highest BCUT2D eigenvalue weighted by Crippen LogP contribution is 2.35. The first kappa shape index (κ1) is 16.4. The number of nitrogens with one attached hydrogen (secondary N) is 1. The molecule has 0 aromatic rings. The van der Waals surface area contributed by atoms with Gasteiger partial charge in [0.05, 0.1) is 12.0 Å². The molecular weight excluding hydrogens is 242 g/mol. The molecule has 1 fully saturated rings. The van der Waals surface area contributed by atoms with Gasteiger partial charge in [-0.25, -0.2) is 0 Å². The van der Waals surface area contributed by atoms with Crippen LogP contribution in [0.3, 0.4) is 0 Å². The topological polar surface area (TPSA) is 67.6 Å². The van der Waals surface area contributed by atoms with Gasteiger partial charge in [0.25, 0.3) is 0 Å². The second-order valence-electron chi connectivity index (χ2n) is 5.60. The molecule has 1 aliphatic rings. The lowest BCUT2D eigenvalue weighted by Gasteiger charge is -2.34. The number of hydrogen-bond donors (Lipinski definition) is 2. The molecule has 0 atom stereocenters. The van der Waals surface area contributed by atoms with Gasteiger partial charge in [0, 0.05) is 33.3 Å². The van der Waals surface area contributed by atoms with Crippen LogP contribution in [0.15, 0.2) is 0 Å². The predicted molar refractivity (Wildman–Crippen MR) is 77.0 cm³/mol. The molecule has 1 aliphatic carbocycles. The number of likely N-dealkylation sites (N-methyl/N-ethyl adjacent to an activating group) is 1. The van der Waals surface area contributed by atoms with Crippen molar-refractivity contribution < 1.29 is 9.53 Å². The van der Waals surface area contributed by atoms with Crippen LogP contribution in [0, 0.1) is 5.41 Å². The standard InChI is InChI=1S/C14H29N3O2/c1-17(10-11-19-2)9-8-16-13(18)14(12-15)6-4-3-5-7-14/h3-12,15H2,1-2H3,(H,16,18). The zero-order valence-electron chi connectivity index (χ0n) is 12.4. The summed E-state index contributed by atoms with van der Waals surface area (Å²) in [6, 6.07) is 0. The van der Waals surface area contributed by atoms with Gasteiger partial charge in [-0.3, -0.25) is 4.79 Å². The van der Waals surface area contributed by atoms with Crippen LogP contribution in [0.2, 0.25) is 0 Å². The summed E-state index contributed by atoms with van der Waals surface area (Å²) in [6.45, 7) is 3.60. The average molecular weight is 271 g/mol. The molecule has 0 spiro atoms. The fourth-order valence-electron chi connectivity index (χ4n) is 2.66. The highest BCUT2D eigenvalue weighted by atomic mass is 16.5. The lowest BCUT2D eigenvalue weighted by Crippen LogP contribution is -2.48. The molecule has 5 nitrogen and oxygen atoms in total. The van der Waals surface area contributed by atoms with Gasteiger partial charge in [-0.1, -0.05) is 19.3 Å². The lowest BCUT2D eigenvalue weighted by atomic mass is 9.73. The number of nitrogens with two attached hydrogens (primary N) is 1. The predicted octanol–water partition coefficient (Wildman–Crippen LogP) is 0.590. The first-order chi connectivity index (χ1) is 9.14. The van der Waals surface area contributed by atoms with Crippen molar-refractivity contribution in [3.8, 4) is 0 Å². The van der Waals surface area contributed by atoms with E-state index in [1.165, 1.54) is 6.42 Å². The van der Waals surface area contributed by atoms with Crippen molar-refractivity contribution in [2.75, 3.05) is 46.9 Å². The van der Waals surface area contributed by atoms with Crippen LogP contribution in [0.25, 0.3) is 0 Å². The second kappa shape index (κ2) is 8.51. The molecule has 0 unspecified atom stereocenters. The van der Waals surface area contributed by atoms with Gasteiger partial charge >= 0.3 is 0 Å². The number of ether oxygens (including phenoxy) is 1. The van der Waals surface area contributed by atoms with Crippen LogP contribution < -0.4 is 11.1 Å². The summed E-state index contributed by atoms with van der Waals surface area (Å²) in [5.74, 6) is 0.148. The zero-order valence-corrected chi connectivity index (χ0v) is 12.4. The van der Waals surface area contributed by atoms with Crippen LogP contribution >= 0.6 is 0 Å². The number of nitrogens with zero attached hydrogens (tertiary/aromatic N) is 1. The number of methoxy groups -OCH3 is 1. The molecule has 0 bridgehead atoms. The fourth-order valence-corrected chi connectivity index (χ4v) is 2.66. The van der Waals surface area contributed by atoms with Crippen LogP contribution in [0.5, 0.6) is 0 Å².